The summed E-state index contributed by atoms with van der Waals surface area (Å²) in [5.41, 5.74) is 12.7. The molecule has 9 aromatic carbocycles. The topological polar surface area (TPSA) is 196 Å². The number of benzene rings is 9. The number of rotatable bonds is 35. The number of carbonyl (C=O) groups excluding carboxylic acids is 2. The molecule has 0 aromatic heterocycles. The monoisotopic (exact) mass is 1460 g/mol. The number of allylic oxidation sites excluding steroid dienone is 7. The number of hydrogen-bond acceptors (Lipinski definition) is 12. The largest absolute Gasteiger partial charge is 0.378 e. The van der Waals surface area contributed by atoms with Crippen LogP contribution in [0.25, 0.3) is 27.1 Å². The zero-order valence-corrected chi connectivity index (χ0v) is 62.7. The average Bonchev–Trinajstić information content (AvgIpc) is 1.56. The number of unbranched alkanes of at least 4 members (excludes halogenated alkanes) is 1. The fraction of sp³-hybridized carbons (Fsp3) is 0.302. The fourth-order valence-electron chi connectivity index (χ4n) is 14.4. The van der Waals surface area contributed by atoms with Gasteiger partial charge >= 0.3 is 15.2 Å². The number of aryl methyl sites for hydroxylation is 1. The van der Waals surface area contributed by atoms with Crippen LogP contribution in [-0.4, -0.2) is 68.8 Å². The van der Waals surface area contributed by atoms with E-state index in [1.807, 2.05) is 97.1 Å². The summed E-state index contributed by atoms with van der Waals surface area (Å²) in [6.45, 7) is 16.1. The van der Waals surface area contributed by atoms with Gasteiger partial charge in [0, 0.05) is 47.4 Å². The number of nitrogens with zero attached hydrogens (tertiary/aromatic N) is 1. The average molecular weight is 1460 g/mol. The Morgan fingerprint density at radius 2 is 1.15 bits per heavy atom. The molecule has 1 heterocycles. The molecule has 0 fully saturated rings. The van der Waals surface area contributed by atoms with Crippen LogP contribution in [0.4, 0.5) is 5.69 Å². The predicted octanol–water partition coefficient (Wildman–Crippen LogP) is 19.5. The Balaban J connectivity index is 0.790. The Kier molecular flexibility index (Phi) is 25.7. The quantitative estimate of drug-likeness (QED) is 0.0147. The molecular weight excluding hydrogens is 1360 g/mol. The minimum absolute atomic E-state index is 0.0163. The molecule has 2 amide bonds. The second-order valence-electron chi connectivity index (χ2n) is 27.9. The second-order valence-corrected chi connectivity index (χ2v) is 34.3. The van der Waals surface area contributed by atoms with E-state index < -0.39 is 53.9 Å². The van der Waals surface area contributed by atoms with Crippen molar-refractivity contribution < 1.29 is 54.5 Å². The summed E-state index contributed by atoms with van der Waals surface area (Å²) in [6, 6.07) is 69.8. The SMILES string of the molecule is C=C(/C=C/C1=C(c2ccc(C(=O)NCCOCCNC(=O)CC(P(=O)(OCc3ccccc3)OCc3ccccc3)P(=O)(OCc3ccccc3)OCc3ccccc3)cc2)C(C/C=C2\N(CCCCS(=O)(=O)O)c3ccc4ccccc4c3C2(C)C)CCC1)C(C)(C)c1c(C)ccc2ccccc12. The molecule has 0 saturated carbocycles. The number of carbonyl (C=O) groups is 2. The van der Waals surface area contributed by atoms with Crippen LogP contribution in [0.3, 0.4) is 0 Å². The summed E-state index contributed by atoms with van der Waals surface area (Å²) in [7, 11) is -13.4. The number of amides is 2. The van der Waals surface area contributed by atoms with E-state index in [2.05, 4.69) is 141 Å². The van der Waals surface area contributed by atoms with E-state index in [1.165, 1.54) is 44.0 Å². The van der Waals surface area contributed by atoms with Crippen molar-refractivity contribution in [2.24, 2.45) is 5.92 Å². The third-order valence-corrected chi connectivity index (χ3v) is 26.1. The number of nitrogens with one attached hydrogen (secondary N) is 2. The number of anilines is 1. The molecule has 15 nitrogen and oxygen atoms in total. The lowest BCUT2D eigenvalue weighted by molar-refractivity contribution is -0.121. The molecule has 1 unspecified atom stereocenters. The van der Waals surface area contributed by atoms with Crippen molar-refractivity contribution in [2.75, 3.05) is 43.5 Å². The van der Waals surface area contributed by atoms with E-state index in [9.17, 15) is 22.6 Å². The van der Waals surface area contributed by atoms with Crippen LogP contribution >= 0.6 is 15.2 Å². The minimum Gasteiger partial charge on any atom is -0.378 e. The molecule has 0 spiro atoms. The highest BCUT2D eigenvalue weighted by Crippen LogP contribution is 2.72. The maximum Gasteiger partial charge on any atom is 0.347 e. The lowest BCUT2D eigenvalue weighted by Crippen LogP contribution is -2.32. The molecule has 9 aromatic rings. The first-order valence-corrected chi connectivity index (χ1v) is 40.6. The van der Waals surface area contributed by atoms with Gasteiger partial charge in [-0.3, -0.25) is 23.3 Å². The maximum absolute atomic E-state index is 15.7. The molecule has 0 bridgehead atoms. The molecule has 11 rings (SSSR count). The Morgan fingerprint density at radius 1 is 0.654 bits per heavy atom. The van der Waals surface area contributed by atoms with Crippen molar-refractivity contribution >= 4 is 69.9 Å². The van der Waals surface area contributed by atoms with E-state index in [0.717, 1.165) is 53.6 Å². The number of ether oxygens (including phenoxy) is 1. The molecule has 104 heavy (non-hydrogen) atoms. The Bertz CT molecular complexity index is 4580. The first-order chi connectivity index (χ1) is 50.1. The molecule has 18 heteroatoms. The number of hydrogen-bond donors (Lipinski definition) is 3. The van der Waals surface area contributed by atoms with Crippen LogP contribution in [-0.2, 0) is 84.1 Å². The molecule has 542 valence electrons. The molecule has 1 aliphatic carbocycles. The van der Waals surface area contributed by atoms with Crippen molar-refractivity contribution in [1.82, 2.24) is 10.6 Å². The summed E-state index contributed by atoms with van der Waals surface area (Å²) < 4.78 is 95.8. The molecule has 1 atom stereocenters. The zero-order valence-electron chi connectivity index (χ0n) is 60.1. The van der Waals surface area contributed by atoms with E-state index in [1.54, 1.807) is 48.5 Å². The van der Waals surface area contributed by atoms with Crippen LogP contribution in [0.5, 0.6) is 0 Å². The summed E-state index contributed by atoms with van der Waals surface area (Å²) in [4.78, 5) is 30.6. The molecule has 3 N–H and O–H groups in total. The van der Waals surface area contributed by atoms with Gasteiger partial charge in [-0.25, -0.2) is 0 Å². The van der Waals surface area contributed by atoms with Gasteiger partial charge in [0.15, 0.2) is 5.40 Å². The zero-order chi connectivity index (χ0) is 73.3. The third-order valence-electron chi connectivity index (χ3n) is 19.9. The van der Waals surface area contributed by atoms with Crippen molar-refractivity contribution in [1.29, 1.82) is 0 Å². The lowest BCUT2D eigenvalue weighted by Gasteiger charge is -2.32. The highest BCUT2D eigenvalue weighted by Gasteiger charge is 2.53. The van der Waals surface area contributed by atoms with Gasteiger partial charge < -0.3 is 38.4 Å². The van der Waals surface area contributed by atoms with Gasteiger partial charge in [-0.05, 0) is 152 Å². The van der Waals surface area contributed by atoms with Gasteiger partial charge in [-0.2, -0.15) is 8.42 Å². The van der Waals surface area contributed by atoms with E-state index >= 15 is 9.13 Å². The minimum atomic E-state index is -4.62. The van der Waals surface area contributed by atoms with E-state index in [4.69, 9.17) is 29.4 Å². The molecule has 2 aliphatic rings. The summed E-state index contributed by atoms with van der Waals surface area (Å²) >= 11 is 0. The maximum atomic E-state index is 15.7. The summed E-state index contributed by atoms with van der Waals surface area (Å²) in [5, 5.41) is 8.84. The van der Waals surface area contributed by atoms with E-state index in [0.29, 0.717) is 47.2 Å². The Morgan fingerprint density at radius 3 is 1.70 bits per heavy atom. The van der Waals surface area contributed by atoms with Crippen LogP contribution in [0.1, 0.15) is 128 Å². The third kappa shape index (κ3) is 19.3. The van der Waals surface area contributed by atoms with Gasteiger partial charge in [0.25, 0.3) is 16.0 Å². The van der Waals surface area contributed by atoms with Crippen LogP contribution < -0.4 is 15.5 Å². The Labute approximate surface area is 613 Å². The van der Waals surface area contributed by atoms with Gasteiger partial charge in [0.05, 0.1) is 51.8 Å². The summed E-state index contributed by atoms with van der Waals surface area (Å²) in [5.74, 6) is -1.11. The van der Waals surface area contributed by atoms with Crippen molar-refractivity contribution in [3.63, 3.8) is 0 Å². The van der Waals surface area contributed by atoms with Gasteiger partial charge in [0.2, 0.25) is 5.91 Å². The van der Waals surface area contributed by atoms with Crippen LogP contribution in [0.2, 0.25) is 0 Å². The fourth-order valence-corrected chi connectivity index (χ4v) is 20.0. The van der Waals surface area contributed by atoms with Crippen molar-refractivity contribution in [3.05, 3.63) is 310 Å². The second kappa shape index (κ2) is 35.0. The summed E-state index contributed by atoms with van der Waals surface area (Å²) in [6.07, 6.45) is 10.6. The molecule has 0 radical (unpaired) electrons. The highest BCUT2D eigenvalue weighted by molar-refractivity contribution is 7.85. The molecule has 0 saturated heterocycles. The highest BCUT2D eigenvalue weighted by atomic mass is 32.2. The predicted molar refractivity (Wildman–Crippen MR) is 418 cm³/mol. The van der Waals surface area contributed by atoms with Gasteiger partial charge in [0.1, 0.15) is 0 Å². The van der Waals surface area contributed by atoms with Crippen molar-refractivity contribution in [2.45, 2.75) is 122 Å². The smallest absolute Gasteiger partial charge is 0.347 e. The Hall–Kier alpha value is -8.63. The molecule has 1 aliphatic heterocycles. The first kappa shape index (κ1) is 76.5. The first-order valence-electron chi connectivity index (χ1n) is 35.8. The van der Waals surface area contributed by atoms with E-state index in [-0.39, 0.29) is 70.3 Å². The standard InChI is InChI=1S/C86H95N3O12P2S/c1-63-40-42-69-34-19-21-38-75(69)82(63)85(3,4)64(2)41-43-71-36-25-37-72(49-51-78-86(5,6)83-76-39-22-20-35-70(76)48-50-77(83)89(78)54-23-24-57-104(94,95)96)81(71)73-44-46-74(47-45-73)84(91)88-53-56-97-55-52-87-79(90)58-80(102(92,98-59-65-26-11-7-12-27-65)99-60-66-28-13-8-14-29-66)103(93,100-61-67-30-15-9-16-31-67)101-62-68-32-17-10-18-33-68/h7-22,26-35,38-48,50-51,72,80H,2,23-25,36-37,49,52-62H2,1,3-6H3,(H,87,90)(H,88,91)(H,94,95,96)/b43-41+,78-51-. The van der Waals surface area contributed by atoms with Crippen LogP contribution in [0, 0.1) is 12.8 Å². The van der Waals surface area contributed by atoms with Crippen molar-refractivity contribution in [3.8, 4) is 0 Å². The van der Waals surface area contributed by atoms with Crippen LogP contribution in [0.15, 0.2) is 260 Å². The molecular formula is C86H95N3O12P2S. The van der Waals surface area contributed by atoms with Gasteiger partial charge in [-0.1, -0.05) is 253 Å². The lowest BCUT2D eigenvalue weighted by atomic mass is 9.73. The van der Waals surface area contributed by atoms with Gasteiger partial charge in [-0.15, -0.1) is 0 Å². The number of fused-ring (bicyclic) bond motifs is 4. The normalized spacial score (nSPS) is 15.3.